The molecule has 188 valence electrons. The zero-order valence-electron chi connectivity index (χ0n) is 20.9. The van der Waals surface area contributed by atoms with Crippen molar-refractivity contribution in [2.24, 2.45) is 4.99 Å². The van der Waals surface area contributed by atoms with Gasteiger partial charge in [0.2, 0.25) is 0 Å². The van der Waals surface area contributed by atoms with Gasteiger partial charge in [0.05, 0.1) is 30.0 Å². The molecule has 0 aliphatic carbocycles. The number of allylic oxidation sites excluding steroid dienone is 1. The molecule has 2 aromatic carbocycles. The number of ether oxygens (including phenoxy) is 2. The number of benzene rings is 2. The summed E-state index contributed by atoms with van der Waals surface area (Å²) in [5, 5.41) is 0.458. The van der Waals surface area contributed by atoms with E-state index < -0.39 is 12.0 Å². The van der Waals surface area contributed by atoms with E-state index in [1.165, 1.54) is 30.1 Å². The molecule has 0 N–H and O–H groups in total. The van der Waals surface area contributed by atoms with Gasteiger partial charge in [0.15, 0.2) is 4.80 Å². The predicted octanol–water partition coefficient (Wildman–Crippen LogP) is 3.92. The standard InChI is InChI=1S/C27H28ClN3O4S/c1-6-30(7-2)19-11-8-17(9-12-19)14-22-25(32)31-24(20-15-18(28)10-13-21(20)34-4)23(26(33)35-5)16(3)29-27(31)36-22/h8-15,24H,6-7H2,1-5H3/b22-14-/t24-/m1/s1. The van der Waals surface area contributed by atoms with Gasteiger partial charge in [-0.3, -0.25) is 9.36 Å². The van der Waals surface area contributed by atoms with Crippen LogP contribution in [0.1, 0.15) is 37.9 Å². The second-order valence-corrected chi connectivity index (χ2v) is 9.67. The van der Waals surface area contributed by atoms with Crippen molar-refractivity contribution in [2.45, 2.75) is 26.8 Å². The van der Waals surface area contributed by atoms with Crippen molar-refractivity contribution in [3.05, 3.63) is 89.6 Å². The molecule has 1 aliphatic heterocycles. The normalized spacial score (nSPS) is 15.4. The van der Waals surface area contributed by atoms with Crippen LogP contribution in [0.3, 0.4) is 0 Å². The number of anilines is 1. The molecular weight excluding hydrogens is 498 g/mol. The first-order valence-corrected chi connectivity index (χ1v) is 12.8. The fourth-order valence-corrected chi connectivity index (χ4v) is 5.65. The molecular formula is C27H28ClN3O4S. The average molecular weight is 526 g/mol. The van der Waals surface area contributed by atoms with Crippen molar-refractivity contribution in [1.82, 2.24) is 4.57 Å². The molecule has 0 unspecified atom stereocenters. The minimum Gasteiger partial charge on any atom is -0.496 e. The van der Waals surface area contributed by atoms with Crippen LogP contribution < -0.4 is 24.5 Å². The summed E-state index contributed by atoms with van der Waals surface area (Å²) < 4.78 is 12.7. The van der Waals surface area contributed by atoms with E-state index >= 15 is 0 Å². The third-order valence-electron chi connectivity index (χ3n) is 6.23. The Hall–Kier alpha value is -3.36. The van der Waals surface area contributed by atoms with E-state index in [2.05, 4.69) is 35.9 Å². The first kappa shape index (κ1) is 25.7. The third-order valence-corrected chi connectivity index (χ3v) is 7.45. The summed E-state index contributed by atoms with van der Waals surface area (Å²) in [6.07, 6.45) is 1.85. The fourth-order valence-electron chi connectivity index (χ4n) is 4.43. The zero-order chi connectivity index (χ0) is 26.0. The monoisotopic (exact) mass is 525 g/mol. The number of rotatable bonds is 7. The maximum atomic E-state index is 13.7. The summed E-state index contributed by atoms with van der Waals surface area (Å²) in [4.78, 5) is 33.9. The third kappa shape index (κ3) is 4.70. The Bertz CT molecular complexity index is 1500. The number of carbonyl (C=O) groups is 1. The van der Waals surface area contributed by atoms with Gasteiger partial charge in [-0.2, -0.15) is 0 Å². The highest BCUT2D eigenvalue weighted by molar-refractivity contribution is 7.07. The minimum absolute atomic E-state index is 0.257. The molecule has 0 bridgehead atoms. The number of hydrogen-bond donors (Lipinski definition) is 0. The molecule has 0 saturated heterocycles. The van der Waals surface area contributed by atoms with E-state index in [1.807, 2.05) is 18.2 Å². The lowest BCUT2D eigenvalue weighted by Gasteiger charge is -2.25. The average Bonchev–Trinajstić information content (AvgIpc) is 3.18. The van der Waals surface area contributed by atoms with Crippen molar-refractivity contribution >= 4 is 40.7 Å². The molecule has 36 heavy (non-hydrogen) atoms. The number of hydrogen-bond acceptors (Lipinski definition) is 7. The van der Waals surface area contributed by atoms with Crippen LogP contribution >= 0.6 is 22.9 Å². The maximum Gasteiger partial charge on any atom is 0.338 e. The largest absolute Gasteiger partial charge is 0.496 e. The molecule has 7 nitrogen and oxygen atoms in total. The number of methoxy groups -OCH3 is 2. The van der Waals surface area contributed by atoms with Crippen molar-refractivity contribution in [2.75, 3.05) is 32.2 Å². The molecule has 0 spiro atoms. The lowest BCUT2D eigenvalue weighted by Crippen LogP contribution is -2.40. The molecule has 0 amide bonds. The van der Waals surface area contributed by atoms with Crippen molar-refractivity contribution < 1.29 is 14.3 Å². The number of nitrogens with zero attached hydrogens (tertiary/aromatic N) is 3. The van der Waals surface area contributed by atoms with E-state index in [-0.39, 0.29) is 11.1 Å². The molecule has 9 heteroatoms. The summed E-state index contributed by atoms with van der Waals surface area (Å²) in [7, 11) is 2.84. The van der Waals surface area contributed by atoms with Gasteiger partial charge in [0.25, 0.3) is 5.56 Å². The van der Waals surface area contributed by atoms with Crippen molar-refractivity contribution in [3.63, 3.8) is 0 Å². The Morgan fingerprint density at radius 1 is 1.17 bits per heavy atom. The quantitative estimate of drug-likeness (QED) is 0.437. The number of fused-ring (bicyclic) bond motifs is 1. The van der Waals surface area contributed by atoms with E-state index in [0.29, 0.717) is 31.4 Å². The van der Waals surface area contributed by atoms with Gasteiger partial charge < -0.3 is 14.4 Å². The van der Waals surface area contributed by atoms with Crippen LogP contribution in [0.15, 0.2) is 63.5 Å². The van der Waals surface area contributed by atoms with Crippen LogP contribution in [-0.2, 0) is 9.53 Å². The highest BCUT2D eigenvalue weighted by atomic mass is 35.5. The van der Waals surface area contributed by atoms with Gasteiger partial charge in [-0.1, -0.05) is 35.1 Å². The van der Waals surface area contributed by atoms with Gasteiger partial charge in [0, 0.05) is 29.4 Å². The van der Waals surface area contributed by atoms with Gasteiger partial charge in [-0.25, -0.2) is 9.79 Å². The lowest BCUT2D eigenvalue weighted by atomic mass is 9.95. The molecule has 1 aromatic heterocycles. The fraction of sp³-hybridized carbons (Fsp3) is 0.296. The van der Waals surface area contributed by atoms with E-state index in [4.69, 9.17) is 21.1 Å². The zero-order valence-corrected chi connectivity index (χ0v) is 22.4. The predicted molar refractivity (Wildman–Crippen MR) is 144 cm³/mol. The Labute approximate surface area is 218 Å². The van der Waals surface area contributed by atoms with Crippen LogP contribution in [0, 0.1) is 0 Å². The smallest absolute Gasteiger partial charge is 0.338 e. The Kier molecular flexibility index (Phi) is 7.66. The van der Waals surface area contributed by atoms with Crippen LogP contribution in [0.2, 0.25) is 5.02 Å². The first-order chi connectivity index (χ1) is 17.3. The summed E-state index contributed by atoms with van der Waals surface area (Å²) in [6, 6.07) is 12.4. The second kappa shape index (κ2) is 10.7. The van der Waals surface area contributed by atoms with Gasteiger partial charge in [0.1, 0.15) is 11.8 Å². The first-order valence-electron chi connectivity index (χ1n) is 11.6. The van der Waals surface area contributed by atoms with Crippen molar-refractivity contribution in [1.29, 1.82) is 0 Å². The number of halogens is 1. The lowest BCUT2D eigenvalue weighted by molar-refractivity contribution is -0.136. The minimum atomic E-state index is -0.797. The SMILES string of the molecule is CCN(CC)c1ccc(/C=c2\sc3n(c2=O)[C@H](c2cc(Cl)ccc2OC)C(C(=O)OC)=C(C)N=3)cc1. The van der Waals surface area contributed by atoms with Gasteiger partial charge in [-0.15, -0.1) is 0 Å². The van der Waals surface area contributed by atoms with E-state index in [9.17, 15) is 9.59 Å². The highest BCUT2D eigenvalue weighted by Crippen LogP contribution is 2.37. The molecule has 1 aliphatic rings. The maximum absolute atomic E-state index is 13.7. The summed E-state index contributed by atoms with van der Waals surface area (Å²) in [5.74, 6) is -0.0633. The van der Waals surface area contributed by atoms with Crippen LogP contribution in [0.4, 0.5) is 5.69 Å². The van der Waals surface area contributed by atoms with Crippen LogP contribution in [0.25, 0.3) is 6.08 Å². The van der Waals surface area contributed by atoms with E-state index in [1.54, 1.807) is 25.1 Å². The van der Waals surface area contributed by atoms with Gasteiger partial charge in [-0.05, 0) is 62.7 Å². The second-order valence-electron chi connectivity index (χ2n) is 8.22. The van der Waals surface area contributed by atoms with Crippen LogP contribution in [-0.4, -0.2) is 37.8 Å². The number of carbonyl (C=O) groups excluding carboxylic acids is 1. The molecule has 0 fully saturated rings. The molecule has 0 saturated carbocycles. The van der Waals surface area contributed by atoms with Gasteiger partial charge >= 0.3 is 5.97 Å². The number of aromatic nitrogens is 1. The Morgan fingerprint density at radius 2 is 1.86 bits per heavy atom. The molecule has 3 aromatic rings. The summed E-state index contributed by atoms with van der Waals surface area (Å²) in [6.45, 7) is 7.81. The molecule has 1 atom stereocenters. The van der Waals surface area contributed by atoms with Crippen LogP contribution in [0.5, 0.6) is 5.75 Å². The Morgan fingerprint density at radius 3 is 2.47 bits per heavy atom. The van der Waals surface area contributed by atoms with Crippen molar-refractivity contribution in [3.8, 4) is 5.75 Å². The highest BCUT2D eigenvalue weighted by Gasteiger charge is 2.35. The topological polar surface area (TPSA) is 73.1 Å². The molecule has 2 heterocycles. The Balaban J connectivity index is 1.91. The number of esters is 1. The van der Waals surface area contributed by atoms with E-state index in [0.717, 1.165) is 24.3 Å². The molecule has 0 radical (unpaired) electrons. The summed E-state index contributed by atoms with van der Waals surface area (Å²) in [5.41, 5.74) is 3.09. The summed E-state index contributed by atoms with van der Waals surface area (Å²) >= 11 is 7.60. The molecule has 4 rings (SSSR count). The number of thiazole rings is 1.